The standard InChI is InChI=1S/C15H24N2S.ClH/c1-12(16)14-7-9-17(10-8-14)11-13-3-5-15(18-2)6-4-13;/h3-6,12,14H,7-11,16H2,1-2H3;1H. The number of rotatable bonds is 4. The highest BCUT2D eigenvalue weighted by atomic mass is 35.5. The molecule has 0 saturated carbocycles. The number of likely N-dealkylation sites (tertiary alicyclic amines) is 1. The van der Waals surface area contributed by atoms with E-state index in [-0.39, 0.29) is 12.4 Å². The summed E-state index contributed by atoms with van der Waals surface area (Å²) in [5.74, 6) is 0.722. The SMILES string of the molecule is CSc1ccc(CN2CCC(C(C)N)CC2)cc1.Cl. The Hall–Kier alpha value is -0.220. The predicted octanol–water partition coefficient (Wildman–Crippen LogP) is 3.39. The van der Waals surface area contributed by atoms with Gasteiger partial charge in [-0.15, -0.1) is 24.2 Å². The van der Waals surface area contributed by atoms with Gasteiger partial charge in [0, 0.05) is 17.5 Å². The molecule has 1 aliphatic rings. The summed E-state index contributed by atoms with van der Waals surface area (Å²) >= 11 is 1.80. The molecule has 1 aromatic rings. The Morgan fingerprint density at radius 2 is 1.84 bits per heavy atom. The molecule has 0 radical (unpaired) electrons. The van der Waals surface area contributed by atoms with Crippen LogP contribution in [0.25, 0.3) is 0 Å². The summed E-state index contributed by atoms with van der Waals surface area (Å²) in [7, 11) is 0. The Balaban J connectivity index is 0.00000180. The monoisotopic (exact) mass is 300 g/mol. The van der Waals surface area contributed by atoms with Crippen molar-refractivity contribution in [2.24, 2.45) is 11.7 Å². The van der Waals surface area contributed by atoms with Gasteiger partial charge in [-0.25, -0.2) is 0 Å². The maximum Gasteiger partial charge on any atom is 0.0233 e. The molecule has 0 bridgehead atoms. The van der Waals surface area contributed by atoms with Crippen molar-refractivity contribution >= 4 is 24.2 Å². The number of thioether (sulfide) groups is 1. The maximum atomic E-state index is 5.98. The summed E-state index contributed by atoms with van der Waals surface area (Å²) in [6, 6.07) is 9.30. The Morgan fingerprint density at radius 3 is 2.32 bits per heavy atom. The quantitative estimate of drug-likeness (QED) is 0.864. The van der Waals surface area contributed by atoms with Crippen molar-refractivity contribution in [1.29, 1.82) is 0 Å². The van der Waals surface area contributed by atoms with Gasteiger partial charge in [-0.3, -0.25) is 4.90 Å². The molecule has 108 valence electrons. The van der Waals surface area contributed by atoms with E-state index in [9.17, 15) is 0 Å². The molecule has 0 aliphatic carbocycles. The number of halogens is 1. The minimum absolute atomic E-state index is 0. The van der Waals surface area contributed by atoms with E-state index in [1.54, 1.807) is 11.8 Å². The number of benzene rings is 1. The van der Waals surface area contributed by atoms with Crippen molar-refractivity contribution in [3.05, 3.63) is 29.8 Å². The summed E-state index contributed by atoms with van der Waals surface area (Å²) in [4.78, 5) is 3.89. The zero-order valence-electron chi connectivity index (χ0n) is 11.8. The first kappa shape index (κ1) is 16.8. The number of nitrogens with zero attached hydrogens (tertiary/aromatic N) is 1. The fraction of sp³-hybridized carbons (Fsp3) is 0.600. The molecular weight excluding hydrogens is 276 g/mol. The first-order chi connectivity index (χ1) is 8.69. The van der Waals surface area contributed by atoms with Gasteiger partial charge in [-0.05, 0) is 62.7 Å². The predicted molar refractivity (Wildman–Crippen MR) is 87.1 cm³/mol. The second kappa shape index (κ2) is 8.15. The van der Waals surface area contributed by atoms with Crippen molar-refractivity contribution in [3.63, 3.8) is 0 Å². The fourth-order valence-electron chi connectivity index (χ4n) is 2.63. The van der Waals surface area contributed by atoms with Crippen LogP contribution in [-0.4, -0.2) is 30.3 Å². The van der Waals surface area contributed by atoms with Crippen LogP contribution in [0.3, 0.4) is 0 Å². The number of hydrogen-bond donors (Lipinski definition) is 1. The van der Waals surface area contributed by atoms with E-state index < -0.39 is 0 Å². The normalized spacial score (nSPS) is 18.9. The summed E-state index contributed by atoms with van der Waals surface area (Å²) in [6.45, 7) is 5.61. The van der Waals surface area contributed by atoms with Gasteiger partial charge in [0.05, 0.1) is 0 Å². The van der Waals surface area contributed by atoms with Crippen molar-refractivity contribution in [1.82, 2.24) is 4.90 Å². The van der Waals surface area contributed by atoms with Gasteiger partial charge in [-0.2, -0.15) is 0 Å². The largest absolute Gasteiger partial charge is 0.328 e. The molecule has 1 atom stereocenters. The van der Waals surface area contributed by atoms with Crippen LogP contribution in [-0.2, 0) is 6.54 Å². The second-order valence-electron chi connectivity index (χ2n) is 5.32. The van der Waals surface area contributed by atoms with E-state index >= 15 is 0 Å². The van der Waals surface area contributed by atoms with Crippen molar-refractivity contribution < 1.29 is 0 Å². The average Bonchev–Trinajstić information content (AvgIpc) is 2.40. The Kier molecular flexibility index (Phi) is 7.22. The number of hydrogen-bond acceptors (Lipinski definition) is 3. The summed E-state index contributed by atoms with van der Waals surface area (Å²) in [5.41, 5.74) is 7.40. The van der Waals surface area contributed by atoms with E-state index in [0.717, 1.165) is 12.5 Å². The third-order valence-electron chi connectivity index (χ3n) is 3.94. The fourth-order valence-corrected chi connectivity index (χ4v) is 3.03. The van der Waals surface area contributed by atoms with Gasteiger partial charge >= 0.3 is 0 Å². The van der Waals surface area contributed by atoms with Gasteiger partial charge in [0.15, 0.2) is 0 Å². The van der Waals surface area contributed by atoms with E-state index in [1.807, 2.05) is 0 Å². The molecule has 4 heteroatoms. The molecule has 0 amide bonds. The first-order valence-corrected chi connectivity index (χ1v) is 8.02. The van der Waals surface area contributed by atoms with Crippen LogP contribution in [0, 0.1) is 5.92 Å². The third kappa shape index (κ3) is 4.99. The Bertz CT molecular complexity index is 359. The molecule has 19 heavy (non-hydrogen) atoms. The summed E-state index contributed by atoms with van der Waals surface area (Å²) < 4.78 is 0. The minimum Gasteiger partial charge on any atom is -0.328 e. The van der Waals surface area contributed by atoms with Crippen LogP contribution < -0.4 is 5.73 Å². The van der Waals surface area contributed by atoms with E-state index in [2.05, 4.69) is 42.3 Å². The first-order valence-electron chi connectivity index (χ1n) is 6.80. The molecule has 1 saturated heterocycles. The van der Waals surface area contributed by atoms with E-state index in [0.29, 0.717) is 6.04 Å². The maximum absolute atomic E-state index is 5.98. The molecule has 1 aliphatic heterocycles. The van der Waals surface area contributed by atoms with E-state index in [1.165, 1.54) is 36.4 Å². The lowest BCUT2D eigenvalue weighted by Crippen LogP contribution is -2.39. The number of nitrogens with two attached hydrogens (primary N) is 1. The highest BCUT2D eigenvalue weighted by Crippen LogP contribution is 2.22. The molecule has 1 fully saturated rings. The van der Waals surface area contributed by atoms with Gasteiger partial charge in [0.1, 0.15) is 0 Å². The van der Waals surface area contributed by atoms with Crippen LogP contribution in [0.2, 0.25) is 0 Å². The molecule has 2 N–H and O–H groups in total. The van der Waals surface area contributed by atoms with Crippen LogP contribution in [0.15, 0.2) is 29.2 Å². The highest BCUT2D eigenvalue weighted by Gasteiger charge is 2.21. The van der Waals surface area contributed by atoms with E-state index in [4.69, 9.17) is 5.73 Å². The van der Waals surface area contributed by atoms with Crippen LogP contribution in [0.4, 0.5) is 0 Å². The van der Waals surface area contributed by atoms with Gasteiger partial charge in [0.2, 0.25) is 0 Å². The van der Waals surface area contributed by atoms with Crippen molar-refractivity contribution in [3.8, 4) is 0 Å². The molecule has 2 nitrogen and oxygen atoms in total. The lowest BCUT2D eigenvalue weighted by molar-refractivity contribution is 0.165. The Labute approximate surface area is 127 Å². The minimum atomic E-state index is 0. The summed E-state index contributed by atoms with van der Waals surface area (Å²) in [5, 5.41) is 0. The molecular formula is C15H25ClN2S. The van der Waals surface area contributed by atoms with Crippen LogP contribution in [0.1, 0.15) is 25.3 Å². The van der Waals surface area contributed by atoms with Crippen molar-refractivity contribution in [2.45, 2.75) is 37.2 Å². The lowest BCUT2D eigenvalue weighted by Gasteiger charge is -2.33. The van der Waals surface area contributed by atoms with Crippen molar-refractivity contribution in [2.75, 3.05) is 19.3 Å². The summed E-state index contributed by atoms with van der Waals surface area (Å²) in [6.07, 6.45) is 4.62. The van der Waals surface area contributed by atoms with Crippen LogP contribution >= 0.6 is 24.2 Å². The molecule has 2 rings (SSSR count). The second-order valence-corrected chi connectivity index (χ2v) is 6.20. The topological polar surface area (TPSA) is 29.3 Å². The molecule has 0 aromatic heterocycles. The smallest absolute Gasteiger partial charge is 0.0233 e. The van der Waals surface area contributed by atoms with Gasteiger partial charge in [-0.1, -0.05) is 12.1 Å². The molecule has 1 unspecified atom stereocenters. The molecule has 1 aromatic carbocycles. The third-order valence-corrected chi connectivity index (χ3v) is 4.68. The molecule has 1 heterocycles. The lowest BCUT2D eigenvalue weighted by atomic mass is 9.91. The zero-order valence-corrected chi connectivity index (χ0v) is 13.5. The van der Waals surface area contributed by atoms with Crippen LogP contribution in [0.5, 0.6) is 0 Å². The zero-order chi connectivity index (χ0) is 13.0. The molecule has 0 spiro atoms. The average molecular weight is 301 g/mol. The Morgan fingerprint density at radius 1 is 1.26 bits per heavy atom. The number of piperidine rings is 1. The van der Waals surface area contributed by atoms with Gasteiger partial charge in [0.25, 0.3) is 0 Å². The highest BCUT2D eigenvalue weighted by molar-refractivity contribution is 7.98. The van der Waals surface area contributed by atoms with Gasteiger partial charge < -0.3 is 5.73 Å².